The lowest BCUT2D eigenvalue weighted by Gasteiger charge is -2.41. The number of carbonyl (C=O) groups excluding carboxylic acids is 1. The molecule has 3 aliphatic heterocycles. The molecule has 8 heteroatoms. The molecule has 0 N–H and O–H groups in total. The number of piperidine rings is 1. The van der Waals surface area contributed by atoms with Gasteiger partial charge in [0.25, 0.3) is 0 Å². The maximum Gasteiger partial charge on any atom is 0.233 e. The highest BCUT2D eigenvalue weighted by atomic mass is 19.1. The van der Waals surface area contributed by atoms with Crippen molar-refractivity contribution in [3.63, 3.8) is 0 Å². The third kappa shape index (κ3) is 4.34. The van der Waals surface area contributed by atoms with Crippen molar-refractivity contribution in [3.05, 3.63) is 53.5 Å². The van der Waals surface area contributed by atoms with E-state index in [9.17, 15) is 9.18 Å². The Morgan fingerprint density at radius 3 is 2.46 bits per heavy atom. The number of halogens is 1. The predicted molar refractivity (Wildman–Crippen MR) is 144 cm³/mol. The van der Waals surface area contributed by atoms with E-state index in [1.807, 2.05) is 11.4 Å². The average Bonchev–Trinajstić information content (AvgIpc) is 3.60. The molecule has 2 saturated heterocycles. The standard InChI is InChI=1S/C29H37FN6O/c1-29(21-10-12-22(30)13-11-21)14-4-6-15-33(2)27-20-25(34-16-7-8-17-34)31-26-19-23(32-36(26)27)24-9-3-5-18-35(24)28(29)37/h10-13,19-20,24H,3-9,14-18H2,1-2H3. The minimum absolute atomic E-state index is 0.0862. The summed E-state index contributed by atoms with van der Waals surface area (Å²) in [5.74, 6) is 1.92. The first-order chi connectivity index (χ1) is 17.9. The quantitative estimate of drug-likeness (QED) is 0.486. The second-order valence-corrected chi connectivity index (χ2v) is 11.2. The fourth-order valence-electron chi connectivity index (χ4n) is 6.44. The maximum atomic E-state index is 14.4. The first-order valence-corrected chi connectivity index (χ1v) is 13.9. The number of carbonyl (C=O) groups is 1. The van der Waals surface area contributed by atoms with Gasteiger partial charge in [-0.3, -0.25) is 4.79 Å². The fraction of sp³-hybridized carbons (Fsp3) is 0.552. The molecule has 6 rings (SSSR count). The van der Waals surface area contributed by atoms with Gasteiger partial charge in [-0.1, -0.05) is 18.6 Å². The Kier molecular flexibility index (Phi) is 6.29. The molecule has 196 valence electrons. The lowest BCUT2D eigenvalue weighted by molar-refractivity contribution is -0.141. The predicted octanol–water partition coefficient (Wildman–Crippen LogP) is 5.10. The number of amides is 1. The normalized spacial score (nSPS) is 25.2. The maximum absolute atomic E-state index is 14.4. The zero-order valence-corrected chi connectivity index (χ0v) is 22.0. The number of nitrogens with zero attached hydrogens (tertiary/aromatic N) is 6. The Balaban J connectivity index is 1.45. The average molecular weight is 505 g/mol. The van der Waals surface area contributed by atoms with Crippen LogP contribution in [0.25, 0.3) is 5.65 Å². The van der Waals surface area contributed by atoms with Crippen LogP contribution in [0.4, 0.5) is 16.0 Å². The monoisotopic (exact) mass is 504 g/mol. The zero-order chi connectivity index (χ0) is 25.6. The van der Waals surface area contributed by atoms with Gasteiger partial charge in [0, 0.05) is 45.4 Å². The van der Waals surface area contributed by atoms with E-state index in [2.05, 4.69) is 33.9 Å². The van der Waals surface area contributed by atoms with Crippen LogP contribution in [0.3, 0.4) is 0 Å². The van der Waals surface area contributed by atoms with Gasteiger partial charge < -0.3 is 14.7 Å². The fourth-order valence-corrected chi connectivity index (χ4v) is 6.44. The molecule has 0 saturated carbocycles. The minimum Gasteiger partial charge on any atom is -0.359 e. The van der Waals surface area contributed by atoms with Gasteiger partial charge >= 0.3 is 0 Å². The largest absolute Gasteiger partial charge is 0.359 e. The molecule has 5 heterocycles. The molecule has 0 spiro atoms. The third-order valence-corrected chi connectivity index (χ3v) is 8.71. The van der Waals surface area contributed by atoms with Gasteiger partial charge in [0.2, 0.25) is 5.91 Å². The van der Waals surface area contributed by atoms with Crippen molar-refractivity contribution in [2.45, 2.75) is 69.7 Å². The van der Waals surface area contributed by atoms with E-state index >= 15 is 0 Å². The van der Waals surface area contributed by atoms with Crippen LogP contribution in [0.5, 0.6) is 0 Å². The van der Waals surface area contributed by atoms with Crippen LogP contribution in [0.2, 0.25) is 0 Å². The Bertz CT molecular complexity index is 1280. The van der Waals surface area contributed by atoms with Crippen molar-refractivity contribution < 1.29 is 9.18 Å². The van der Waals surface area contributed by atoms with Crippen molar-refractivity contribution >= 4 is 23.2 Å². The molecule has 2 bridgehead atoms. The molecule has 3 aromatic rings. The summed E-state index contributed by atoms with van der Waals surface area (Å²) in [7, 11) is 2.13. The van der Waals surface area contributed by atoms with Crippen LogP contribution in [-0.4, -0.2) is 58.6 Å². The summed E-state index contributed by atoms with van der Waals surface area (Å²) in [6.07, 6.45) is 7.92. The van der Waals surface area contributed by atoms with Crippen LogP contribution < -0.4 is 9.80 Å². The summed E-state index contributed by atoms with van der Waals surface area (Å²) in [6.45, 7) is 5.70. The van der Waals surface area contributed by atoms with Gasteiger partial charge in [0.1, 0.15) is 17.5 Å². The molecule has 37 heavy (non-hydrogen) atoms. The minimum atomic E-state index is -0.710. The smallest absolute Gasteiger partial charge is 0.233 e. The summed E-state index contributed by atoms with van der Waals surface area (Å²) in [5.41, 5.74) is 1.93. The number of hydrogen-bond donors (Lipinski definition) is 0. The Morgan fingerprint density at radius 1 is 0.946 bits per heavy atom. The van der Waals surface area contributed by atoms with Gasteiger partial charge in [-0.15, -0.1) is 0 Å². The van der Waals surface area contributed by atoms with Crippen molar-refractivity contribution in [1.82, 2.24) is 19.5 Å². The number of rotatable bonds is 2. The topological polar surface area (TPSA) is 57.0 Å². The van der Waals surface area contributed by atoms with E-state index in [4.69, 9.17) is 10.1 Å². The van der Waals surface area contributed by atoms with Gasteiger partial charge in [-0.25, -0.2) is 9.37 Å². The summed E-state index contributed by atoms with van der Waals surface area (Å²) in [4.78, 5) is 26.1. The van der Waals surface area contributed by atoms with Crippen molar-refractivity contribution in [1.29, 1.82) is 0 Å². The molecule has 2 atom stereocenters. The van der Waals surface area contributed by atoms with Crippen LogP contribution >= 0.6 is 0 Å². The van der Waals surface area contributed by atoms with Crippen LogP contribution in [0.1, 0.15) is 75.6 Å². The molecule has 0 radical (unpaired) electrons. The molecule has 2 fully saturated rings. The number of anilines is 2. The highest BCUT2D eigenvalue weighted by Crippen LogP contribution is 2.39. The molecule has 1 amide bonds. The van der Waals surface area contributed by atoms with Crippen LogP contribution in [0.15, 0.2) is 36.4 Å². The van der Waals surface area contributed by atoms with Gasteiger partial charge in [-0.05, 0) is 69.6 Å². The van der Waals surface area contributed by atoms with Gasteiger partial charge in [0.05, 0.1) is 17.2 Å². The SMILES string of the molecule is CN1CCCCC(C)(c2ccc(F)cc2)C(=O)N2CCCCC2c2cc3nc(N4CCCC4)cc1n3n2. The molecule has 7 nitrogen and oxygen atoms in total. The lowest BCUT2D eigenvalue weighted by atomic mass is 9.76. The van der Waals surface area contributed by atoms with E-state index in [0.717, 1.165) is 86.7 Å². The van der Waals surface area contributed by atoms with E-state index in [0.29, 0.717) is 6.54 Å². The second kappa shape index (κ2) is 9.62. The van der Waals surface area contributed by atoms with E-state index < -0.39 is 5.41 Å². The molecule has 2 unspecified atom stereocenters. The van der Waals surface area contributed by atoms with Crippen LogP contribution in [0, 0.1) is 5.82 Å². The van der Waals surface area contributed by atoms with Gasteiger partial charge in [0.15, 0.2) is 5.65 Å². The highest BCUT2D eigenvalue weighted by Gasteiger charge is 2.42. The molecule has 3 aliphatic rings. The van der Waals surface area contributed by atoms with E-state index in [-0.39, 0.29) is 17.8 Å². The first-order valence-electron chi connectivity index (χ1n) is 13.9. The summed E-state index contributed by atoms with van der Waals surface area (Å²) >= 11 is 0. The molecule has 0 aliphatic carbocycles. The van der Waals surface area contributed by atoms with Crippen molar-refractivity contribution in [3.8, 4) is 0 Å². The number of benzene rings is 1. The van der Waals surface area contributed by atoms with Crippen molar-refractivity contribution in [2.75, 3.05) is 43.0 Å². The summed E-state index contributed by atoms with van der Waals surface area (Å²) in [6, 6.07) is 10.7. The Labute approximate surface area is 218 Å². The number of hydrogen-bond acceptors (Lipinski definition) is 5. The Hall–Kier alpha value is -3.16. The third-order valence-electron chi connectivity index (χ3n) is 8.71. The molecule has 1 aromatic carbocycles. The zero-order valence-electron chi connectivity index (χ0n) is 22.0. The first kappa shape index (κ1) is 24.2. The van der Waals surface area contributed by atoms with Gasteiger partial charge in [-0.2, -0.15) is 9.61 Å². The molecular formula is C29H37FN6O. The summed E-state index contributed by atoms with van der Waals surface area (Å²) < 4.78 is 15.8. The number of fused-ring (bicyclic) bond motifs is 3. The molecular weight excluding hydrogens is 467 g/mol. The van der Waals surface area contributed by atoms with Crippen molar-refractivity contribution in [2.24, 2.45) is 0 Å². The highest BCUT2D eigenvalue weighted by molar-refractivity contribution is 5.88. The Morgan fingerprint density at radius 2 is 1.68 bits per heavy atom. The second-order valence-electron chi connectivity index (χ2n) is 11.2. The number of aromatic nitrogens is 3. The van der Waals surface area contributed by atoms with Crippen LogP contribution in [-0.2, 0) is 10.2 Å². The molecule has 2 aromatic heterocycles. The van der Waals surface area contributed by atoms with E-state index in [1.165, 1.54) is 25.0 Å². The lowest BCUT2D eigenvalue weighted by Crippen LogP contribution is -2.48. The summed E-state index contributed by atoms with van der Waals surface area (Å²) in [5, 5.41) is 5.08. The van der Waals surface area contributed by atoms with E-state index in [1.54, 1.807) is 12.1 Å².